The van der Waals surface area contributed by atoms with Crippen LogP contribution in [0.3, 0.4) is 0 Å². The first kappa shape index (κ1) is 12.6. The summed E-state index contributed by atoms with van der Waals surface area (Å²) >= 11 is 0. The molecule has 0 saturated carbocycles. The second-order valence-electron chi connectivity index (χ2n) is 3.76. The van der Waals surface area contributed by atoms with Crippen molar-refractivity contribution in [2.24, 2.45) is 0 Å². The molecule has 80 valence electrons. The zero-order chi connectivity index (χ0) is 11.2. The number of hydrogen-bond donors (Lipinski definition) is 1. The number of imide groups is 1. The van der Waals surface area contributed by atoms with Crippen molar-refractivity contribution in [2.45, 2.75) is 39.2 Å². The number of hydrogen-bond acceptors (Lipinski definition) is 4. The molecule has 1 N–H and O–H groups in total. The minimum atomic E-state index is -0.784. The number of nitrogens with one attached hydrogen (secondary N) is 1. The van der Waals surface area contributed by atoms with E-state index >= 15 is 0 Å². The van der Waals surface area contributed by atoms with Crippen molar-refractivity contribution in [3.63, 3.8) is 0 Å². The first-order valence-electron chi connectivity index (χ1n) is 4.31. The average molecular weight is 201 g/mol. The van der Waals surface area contributed by atoms with E-state index in [1.165, 1.54) is 0 Å². The second-order valence-corrected chi connectivity index (χ2v) is 3.76. The smallest absolute Gasteiger partial charge is 0.414 e. The lowest BCUT2D eigenvalue weighted by Gasteiger charge is -2.19. The molecule has 0 unspecified atom stereocenters. The van der Waals surface area contributed by atoms with Crippen LogP contribution in [0.1, 0.15) is 33.6 Å². The number of carbonyl (C=O) groups excluding carboxylic acids is 3. The van der Waals surface area contributed by atoms with E-state index in [0.29, 0.717) is 6.29 Å². The fourth-order valence-electron chi connectivity index (χ4n) is 0.670. The largest absolute Gasteiger partial charge is 0.444 e. The quantitative estimate of drug-likeness (QED) is 0.692. The molecule has 0 saturated heterocycles. The number of rotatable bonds is 3. The van der Waals surface area contributed by atoms with Gasteiger partial charge in [0, 0.05) is 12.8 Å². The van der Waals surface area contributed by atoms with E-state index in [2.05, 4.69) is 0 Å². The van der Waals surface area contributed by atoms with Gasteiger partial charge in [0.1, 0.15) is 11.9 Å². The Hall–Kier alpha value is -1.39. The Labute approximate surface area is 82.8 Å². The van der Waals surface area contributed by atoms with E-state index in [4.69, 9.17) is 4.74 Å². The molecule has 5 nitrogen and oxygen atoms in total. The van der Waals surface area contributed by atoms with Crippen LogP contribution in [-0.4, -0.2) is 23.9 Å². The normalized spacial score (nSPS) is 10.5. The van der Waals surface area contributed by atoms with Crippen molar-refractivity contribution in [1.29, 1.82) is 0 Å². The molecule has 14 heavy (non-hydrogen) atoms. The van der Waals surface area contributed by atoms with E-state index in [0.717, 1.165) is 0 Å². The third-order valence-corrected chi connectivity index (χ3v) is 1.13. The van der Waals surface area contributed by atoms with Crippen molar-refractivity contribution < 1.29 is 19.1 Å². The molecule has 0 aliphatic carbocycles. The van der Waals surface area contributed by atoms with Gasteiger partial charge >= 0.3 is 6.09 Å². The van der Waals surface area contributed by atoms with Gasteiger partial charge in [0.15, 0.2) is 0 Å². The van der Waals surface area contributed by atoms with Gasteiger partial charge < -0.3 is 9.53 Å². The first-order valence-corrected chi connectivity index (χ1v) is 4.31. The van der Waals surface area contributed by atoms with Crippen molar-refractivity contribution >= 4 is 18.3 Å². The molecule has 5 heteroatoms. The molecule has 0 aromatic rings. The zero-order valence-corrected chi connectivity index (χ0v) is 8.62. The molecular weight excluding hydrogens is 186 g/mol. The van der Waals surface area contributed by atoms with Gasteiger partial charge in [-0.3, -0.25) is 10.1 Å². The van der Waals surface area contributed by atoms with E-state index in [1.807, 2.05) is 5.32 Å². The molecule has 0 bridgehead atoms. The number of aldehydes is 1. The van der Waals surface area contributed by atoms with Crippen molar-refractivity contribution in [3.8, 4) is 0 Å². The third-order valence-electron chi connectivity index (χ3n) is 1.13. The van der Waals surface area contributed by atoms with Crippen molar-refractivity contribution in [2.75, 3.05) is 0 Å². The minimum absolute atomic E-state index is 0.00272. The summed E-state index contributed by atoms with van der Waals surface area (Å²) in [6, 6.07) is 0. The summed E-state index contributed by atoms with van der Waals surface area (Å²) in [5.74, 6) is -0.508. The van der Waals surface area contributed by atoms with Crippen molar-refractivity contribution in [1.82, 2.24) is 5.32 Å². The van der Waals surface area contributed by atoms with Crippen LogP contribution in [0, 0.1) is 0 Å². The molecule has 0 atom stereocenters. The van der Waals surface area contributed by atoms with Crippen LogP contribution in [0.15, 0.2) is 0 Å². The summed E-state index contributed by atoms with van der Waals surface area (Å²) in [4.78, 5) is 31.8. The fraction of sp³-hybridized carbons (Fsp3) is 0.667. The maximum absolute atomic E-state index is 11.0. The molecule has 0 rings (SSSR count). The highest BCUT2D eigenvalue weighted by Gasteiger charge is 2.17. The highest BCUT2D eigenvalue weighted by Crippen LogP contribution is 2.06. The van der Waals surface area contributed by atoms with E-state index in [9.17, 15) is 14.4 Å². The van der Waals surface area contributed by atoms with Crippen molar-refractivity contribution in [3.05, 3.63) is 0 Å². The van der Waals surface area contributed by atoms with Gasteiger partial charge in [0.05, 0.1) is 0 Å². The number of alkyl carbamates (subject to hydrolysis) is 1. The third kappa shape index (κ3) is 7.27. The Balaban J connectivity index is 3.83. The maximum atomic E-state index is 11.0. The lowest BCUT2D eigenvalue weighted by atomic mass is 10.2. The predicted octanol–water partition coefficient (Wildman–Crippen LogP) is 1.02. The highest BCUT2D eigenvalue weighted by molar-refractivity contribution is 5.92. The van der Waals surface area contributed by atoms with Crippen LogP contribution in [0.2, 0.25) is 0 Å². The summed E-state index contributed by atoms with van der Waals surface area (Å²) in [5.41, 5.74) is -0.630. The predicted molar refractivity (Wildman–Crippen MR) is 49.7 cm³/mol. The van der Waals surface area contributed by atoms with Gasteiger partial charge in [-0.2, -0.15) is 0 Å². The summed E-state index contributed by atoms with van der Waals surface area (Å²) in [6.45, 7) is 5.09. The molecule has 0 fully saturated rings. The van der Waals surface area contributed by atoms with Crippen LogP contribution in [0.25, 0.3) is 0 Å². The SMILES string of the molecule is CC(C)(C)OC(=O)NC(=O)CCC=O. The molecule has 0 aliphatic heterocycles. The molecule has 0 heterocycles. The van der Waals surface area contributed by atoms with Crippen LogP contribution in [0.4, 0.5) is 4.79 Å². The molecule has 0 aromatic carbocycles. The molecule has 2 amide bonds. The Bertz CT molecular complexity index is 229. The molecule has 0 aromatic heterocycles. The molecule has 0 radical (unpaired) electrons. The Morgan fingerprint density at radius 3 is 2.36 bits per heavy atom. The summed E-state index contributed by atoms with van der Waals surface area (Å²) < 4.78 is 4.83. The lowest BCUT2D eigenvalue weighted by Crippen LogP contribution is -2.36. The van der Waals surface area contributed by atoms with Gasteiger partial charge in [-0.05, 0) is 20.8 Å². The zero-order valence-electron chi connectivity index (χ0n) is 8.62. The average Bonchev–Trinajstić information content (AvgIpc) is 1.96. The first-order chi connectivity index (χ1) is 6.35. The van der Waals surface area contributed by atoms with Gasteiger partial charge in [-0.1, -0.05) is 0 Å². The Morgan fingerprint density at radius 2 is 1.93 bits per heavy atom. The second kappa shape index (κ2) is 5.36. The van der Waals surface area contributed by atoms with Gasteiger partial charge in [-0.25, -0.2) is 4.79 Å². The van der Waals surface area contributed by atoms with E-state index in [-0.39, 0.29) is 12.8 Å². The van der Waals surface area contributed by atoms with Crippen LogP contribution >= 0.6 is 0 Å². The molecule has 0 aliphatic rings. The number of amides is 2. The summed E-state index contributed by atoms with van der Waals surface area (Å²) in [7, 11) is 0. The number of ether oxygens (including phenoxy) is 1. The minimum Gasteiger partial charge on any atom is -0.444 e. The van der Waals surface area contributed by atoms with E-state index in [1.54, 1.807) is 20.8 Å². The van der Waals surface area contributed by atoms with Crippen LogP contribution < -0.4 is 5.32 Å². The lowest BCUT2D eigenvalue weighted by molar-refractivity contribution is -0.122. The highest BCUT2D eigenvalue weighted by atomic mass is 16.6. The van der Waals surface area contributed by atoms with Gasteiger partial charge in [-0.15, -0.1) is 0 Å². The summed E-state index contributed by atoms with van der Waals surface area (Å²) in [6.07, 6.45) is -0.0557. The number of carbonyl (C=O) groups is 3. The summed E-state index contributed by atoms with van der Waals surface area (Å²) in [5, 5.41) is 2.01. The Kier molecular flexibility index (Phi) is 4.83. The van der Waals surface area contributed by atoms with Gasteiger partial charge in [0.2, 0.25) is 5.91 Å². The monoisotopic (exact) mass is 201 g/mol. The molecule has 0 spiro atoms. The fourth-order valence-corrected chi connectivity index (χ4v) is 0.670. The standard InChI is InChI=1S/C9H15NO4/c1-9(2,3)14-8(13)10-7(12)5-4-6-11/h6H,4-5H2,1-3H3,(H,10,12,13). The maximum Gasteiger partial charge on any atom is 0.414 e. The van der Waals surface area contributed by atoms with E-state index < -0.39 is 17.6 Å². The topological polar surface area (TPSA) is 72.5 Å². The Morgan fingerprint density at radius 1 is 1.36 bits per heavy atom. The molecular formula is C9H15NO4. The van der Waals surface area contributed by atoms with Crippen LogP contribution in [0.5, 0.6) is 0 Å². The van der Waals surface area contributed by atoms with Gasteiger partial charge in [0.25, 0.3) is 0 Å². The van der Waals surface area contributed by atoms with Crippen LogP contribution in [-0.2, 0) is 14.3 Å².